The lowest BCUT2D eigenvalue weighted by Crippen LogP contribution is -1.80. The molecule has 0 rings (SSSR count). The van der Waals surface area contributed by atoms with Crippen LogP contribution in [0.2, 0.25) is 0 Å². The van der Waals surface area contributed by atoms with Crippen molar-refractivity contribution in [1.29, 1.82) is 0 Å². The van der Waals surface area contributed by atoms with Gasteiger partial charge in [-0.3, -0.25) is 0 Å². The van der Waals surface area contributed by atoms with Crippen LogP contribution in [0.4, 0.5) is 0 Å². The Morgan fingerprint density at radius 2 is 1.22 bits per heavy atom. The minimum atomic E-state index is 1.12. The Hall–Kier alpha value is -0.0400. The molecule has 0 bridgehead atoms. The lowest BCUT2D eigenvalue weighted by molar-refractivity contribution is 0.613. The number of hydrogen-bond donors (Lipinski definition) is 0. The van der Waals surface area contributed by atoms with Gasteiger partial charge >= 0.3 is 0 Å². The number of allylic oxidation sites excluding steroid dienone is 4. The van der Waals surface area contributed by atoms with Crippen LogP contribution in [0.5, 0.6) is 0 Å². The first-order valence-electron chi connectivity index (χ1n) is 7.77. The van der Waals surface area contributed by atoms with Crippen molar-refractivity contribution in [2.24, 2.45) is 0 Å². The number of hydrogen-bond acceptors (Lipinski definition) is 0. The summed E-state index contributed by atoms with van der Waals surface area (Å²) < 4.78 is 0. The minimum Gasteiger partial charge on any atom is -0.0928 e. The highest BCUT2D eigenvalue weighted by molar-refractivity contribution is 9.09. The zero-order chi connectivity index (χ0) is 13.3. The van der Waals surface area contributed by atoms with Crippen LogP contribution in [0.3, 0.4) is 0 Å². The Morgan fingerprint density at radius 3 is 1.83 bits per heavy atom. The Balaban J connectivity index is 3.11. The third kappa shape index (κ3) is 16.0. The van der Waals surface area contributed by atoms with Crippen LogP contribution in [-0.4, -0.2) is 5.33 Å². The summed E-state index contributed by atoms with van der Waals surface area (Å²) in [6, 6.07) is 0. The molecule has 18 heavy (non-hydrogen) atoms. The van der Waals surface area contributed by atoms with E-state index in [1.807, 2.05) is 0 Å². The van der Waals surface area contributed by atoms with E-state index < -0.39 is 0 Å². The van der Waals surface area contributed by atoms with Crippen molar-refractivity contribution < 1.29 is 0 Å². The fourth-order valence-corrected chi connectivity index (χ4v) is 2.29. The van der Waals surface area contributed by atoms with Crippen molar-refractivity contribution in [2.75, 3.05) is 5.33 Å². The zero-order valence-corrected chi connectivity index (χ0v) is 13.8. The van der Waals surface area contributed by atoms with E-state index in [2.05, 4.69) is 47.2 Å². The maximum absolute atomic E-state index is 3.47. The molecule has 0 aromatic heterocycles. The summed E-state index contributed by atoms with van der Waals surface area (Å²) in [5, 5.41) is 1.17. The lowest BCUT2D eigenvalue weighted by atomic mass is 10.1. The molecule has 0 aromatic carbocycles. The highest BCUT2D eigenvalue weighted by atomic mass is 79.9. The first-order chi connectivity index (χ1) is 8.91. The Kier molecular flexibility index (Phi) is 16.9. The quantitative estimate of drug-likeness (QED) is 0.199. The Morgan fingerprint density at radius 1 is 0.667 bits per heavy atom. The molecule has 106 valence electrons. The molecule has 0 radical (unpaired) electrons. The molecule has 0 saturated heterocycles. The van der Waals surface area contributed by atoms with Crippen LogP contribution >= 0.6 is 15.9 Å². The first-order valence-corrected chi connectivity index (χ1v) is 8.90. The van der Waals surface area contributed by atoms with Gasteiger partial charge in [0.05, 0.1) is 0 Å². The maximum Gasteiger partial charge on any atom is 0.00313 e. The van der Waals surface area contributed by atoms with Gasteiger partial charge in [-0.1, -0.05) is 85.7 Å². The van der Waals surface area contributed by atoms with Gasteiger partial charge in [-0.05, 0) is 32.1 Å². The summed E-state index contributed by atoms with van der Waals surface area (Å²) in [5.41, 5.74) is 0. The summed E-state index contributed by atoms with van der Waals surface area (Å²) >= 11 is 3.47. The van der Waals surface area contributed by atoms with Gasteiger partial charge in [0.1, 0.15) is 0 Å². The molecular weight excluding hydrogens is 284 g/mol. The molecular formula is C17H31Br. The topological polar surface area (TPSA) is 0 Å². The Labute approximate surface area is 123 Å². The average molecular weight is 315 g/mol. The molecule has 0 heterocycles. The highest BCUT2D eigenvalue weighted by Crippen LogP contribution is 2.08. The van der Waals surface area contributed by atoms with Crippen molar-refractivity contribution in [1.82, 2.24) is 0 Å². The molecule has 0 N–H and O–H groups in total. The van der Waals surface area contributed by atoms with Crippen molar-refractivity contribution in [3.8, 4) is 0 Å². The predicted octanol–water partition coefficient (Wildman–Crippen LogP) is 6.80. The molecule has 0 fully saturated rings. The molecule has 0 amide bonds. The van der Waals surface area contributed by atoms with Crippen molar-refractivity contribution in [3.05, 3.63) is 24.3 Å². The average Bonchev–Trinajstić information content (AvgIpc) is 2.39. The highest BCUT2D eigenvalue weighted by Gasteiger charge is 1.89. The van der Waals surface area contributed by atoms with E-state index in [9.17, 15) is 0 Å². The second-order valence-corrected chi connectivity index (χ2v) is 5.71. The van der Waals surface area contributed by atoms with Crippen LogP contribution in [0, 0.1) is 0 Å². The largest absolute Gasteiger partial charge is 0.0928 e. The molecule has 0 aliphatic carbocycles. The second kappa shape index (κ2) is 17.0. The molecule has 0 atom stereocenters. The Bertz CT molecular complexity index is 194. The van der Waals surface area contributed by atoms with Gasteiger partial charge in [0.2, 0.25) is 0 Å². The summed E-state index contributed by atoms with van der Waals surface area (Å²) in [7, 11) is 0. The number of halogens is 1. The van der Waals surface area contributed by atoms with Crippen molar-refractivity contribution >= 4 is 15.9 Å². The third-order valence-corrected chi connectivity index (χ3v) is 3.64. The van der Waals surface area contributed by atoms with Crippen LogP contribution in [-0.2, 0) is 0 Å². The number of rotatable bonds is 13. The van der Waals surface area contributed by atoms with Gasteiger partial charge in [0, 0.05) is 5.33 Å². The van der Waals surface area contributed by atoms with Gasteiger partial charge in [-0.25, -0.2) is 0 Å². The van der Waals surface area contributed by atoms with Gasteiger partial charge in [-0.15, -0.1) is 0 Å². The predicted molar refractivity (Wildman–Crippen MR) is 88.5 cm³/mol. The van der Waals surface area contributed by atoms with Crippen LogP contribution in [0.15, 0.2) is 24.3 Å². The van der Waals surface area contributed by atoms with Crippen molar-refractivity contribution in [3.63, 3.8) is 0 Å². The smallest absolute Gasteiger partial charge is 0.00313 e. The standard InChI is InChI=1S/C17H31Br/c1-2-3-4-5-6-7-8-9-10-11-12-13-14-15-16-17-18/h5-6,8-9H,2-4,7,10-17H2,1H3/b6-5-,9-8-. The van der Waals surface area contributed by atoms with Crippen LogP contribution < -0.4 is 0 Å². The first kappa shape index (κ1) is 18.0. The molecule has 1 heteroatoms. The number of alkyl halides is 1. The van der Waals surface area contributed by atoms with Gasteiger partial charge < -0.3 is 0 Å². The summed E-state index contributed by atoms with van der Waals surface area (Å²) in [5.74, 6) is 0. The zero-order valence-electron chi connectivity index (χ0n) is 12.2. The fraction of sp³-hybridized carbons (Fsp3) is 0.765. The SMILES string of the molecule is CCCC/C=C\C/C=C\CCCCCCCCBr. The van der Waals surface area contributed by atoms with Gasteiger partial charge in [-0.2, -0.15) is 0 Å². The van der Waals surface area contributed by atoms with E-state index in [1.54, 1.807) is 0 Å². The van der Waals surface area contributed by atoms with E-state index in [-0.39, 0.29) is 0 Å². The third-order valence-electron chi connectivity index (χ3n) is 3.08. The maximum atomic E-state index is 3.47. The van der Waals surface area contributed by atoms with Crippen molar-refractivity contribution in [2.45, 2.75) is 77.6 Å². The molecule has 0 saturated carbocycles. The normalized spacial score (nSPS) is 11.9. The van der Waals surface area contributed by atoms with E-state index in [1.165, 1.54) is 69.5 Å². The van der Waals surface area contributed by atoms with Gasteiger partial charge in [0.15, 0.2) is 0 Å². The molecule has 0 aliphatic heterocycles. The molecule has 0 nitrogen and oxygen atoms in total. The minimum absolute atomic E-state index is 1.12. The lowest BCUT2D eigenvalue weighted by Gasteiger charge is -1.98. The molecule has 0 aromatic rings. The fourth-order valence-electron chi connectivity index (χ4n) is 1.89. The van der Waals surface area contributed by atoms with E-state index >= 15 is 0 Å². The monoisotopic (exact) mass is 314 g/mol. The molecule has 0 unspecified atom stereocenters. The van der Waals surface area contributed by atoms with Crippen LogP contribution in [0.25, 0.3) is 0 Å². The summed E-state index contributed by atoms with van der Waals surface area (Å²) in [6.45, 7) is 2.24. The molecule has 0 aliphatic rings. The van der Waals surface area contributed by atoms with Crippen LogP contribution in [0.1, 0.15) is 77.6 Å². The summed E-state index contributed by atoms with van der Waals surface area (Å²) in [6.07, 6.45) is 23.9. The second-order valence-electron chi connectivity index (χ2n) is 4.92. The van der Waals surface area contributed by atoms with E-state index in [4.69, 9.17) is 0 Å². The molecule has 0 spiro atoms. The summed E-state index contributed by atoms with van der Waals surface area (Å²) in [4.78, 5) is 0. The van der Waals surface area contributed by atoms with E-state index in [0.29, 0.717) is 0 Å². The van der Waals surface area contributed by atoms with Gasteiger partial charge in [0.25, 0.3) is 0 Å². The number of unbranched alkanes of at least 4 members (excludes halogenated alkanes) is 8. The van der Waals surface area contributed by atoms with E-state index in [0.717, 1.165) is 6.42 Å².